The summed E-state index contributed by atoms with van der Waals surface area (Å²) in [5.74, 6) is 1.97. The van der Waals surface area contributed by atoms with Crippen molar-refractivity contribution in [2.45, 2.75) is 38.5 Å². The van der Waals surface area contributed by atoms with Crippen LogP contribution in [0.5, 0.6) is 0 Å². The van der Waals surface area contributed by atoms with E-state index in [4.69, 9.17) is 4.52 Å². The van der Waals surface area contributed by atoms with Crippen LogP contribution in [0, 0.1) is 0 Å². The maximum Gasteiger partial charge on any atom is 0.259 e. The van der Waals surface area contributed by atoms with Gasteiger partial charge in [-0.1, -0.05) is 19.0 Å². The van der Waals surface area contributed by atoms with Crippen LogP contribution in [0.2, 0.25) is 0 Å². The van der Waals surface area contributed by atoms with E-state index in [1.54, 1.807) is 10.7 Å². The van der Waals surface area contributed by atoms with Gasteiger partial charge in [-0.3, -0.25) is 4.79 Å². The molecule has 0 bridgehead atoms. The standard InChI is InChI=1S/C17H22N6O2/c1-11(2)14-19-15(25-20-14)12-4-6-22(7-5-12)17(24)13-10-18-23-9-8-21(3)16(13)23/h8-12H,4-7H2,1-3H3. The van der Waals surface area contributed by atoms with Crippen LogP contribution in [0.1, 0.15) is 60.6 Å². The summed E-state index contributed by atoms with van der Waals surface area (Å²) in [7, 11) is 1.92. The highest BCUT2D eigenvalue weighted by atomic mass is 16.5. The summed E-state index contributed by atoms with van der Waals surface area (Å²) in [6, 6.07) is 0. The highest BCUT2D eigenvalue weighted by molar-refractivity contribution is 5.99. The summed E-state index contributed by atoms with van der Waals surface area (Å²) in [5, 5.41) is 8.30. The fourth-order valence-corrected chi connectivity index (χ4v) is 3.35. The Labute approximate surface area is 145 Å². The zero-order valence-corrected chi connectivity index (χ0v) is 14.7. The van der Waals surface area contributed by atoms with Gasteiger partial charge in [-0.2, -0.15) is 10.1 Å². The van der Waals surface area contributed by atoms with Crippen molar-refractivity contribution < 1.29 is 9.32 Å². The van der Waals surface area contributed by atoms with Gasteiger partial charge >= 0.3 is 0 Å². The van der Waals surface area contributed by atoms with E-state index < -0.39 is 0 Å². The van der Waals surface area contributed by atoms with Crippen molar-refractivity contribution in [1.29, 1.82) is 0 Å². The van der Waals surface area contributed by atoms with E-state index in [0.717, 1.165) is 24.3 Å². The quantitative estimate of drug-likeness (QED) is 0.729. The maximum atomic E-state index is 12.9. The first kappa shape index (κ1) is 15.9. The summed E-state index contributed by atoms with van der Waals surface area (Å²) >= 11 is 0. The number of aromatic nitrogens is 5. The Morgan fingerprint density at radius 1 is 1.28 bits per heavy atom. The topological polar surface area (TPSA) is 81.5 Å². The van der Waals surface area contributed by atoms with Gasteiger partial charge in [-0.15, -0.1) is 0 Å². The number of likely N-dealkylation sites (tertiary alicyclic amines) is 1. The molecule has 4 rings (SSSR count). The summed E-state index contributed by atoms with van der Waals surface area (Å²) in [4.78, 5) is 19.3. The molecular formula is C17H22N6O2. The van der Waals surface area contributed by atoms with Gasteiger partial charge in [0.25, 0.3) is 5.91 Å². The van der Waals surface area contributed by atoms with Crippen LogP contribution >= 0.6 is 0 Å². The highest BCUT2D eigenvalue weighted by Gasteiger charge is 2.29. The van der Waals surface area contributed by atoms with Crippen LogP contribution in [0.25, 0.3) is 5.65 Å². The Hall–Kier alpha value is -2.64. The molecule has 0 unspecified atom stereocenters. The number of hydrogen-bond acceptors (Lipinski definition) is 5. The van der Waals surface area contributed by atoms with E-state index in [2.05, 4.69) is 15.2 Å². The zero-order chi connectivity index (χ0) is 17.6. The van der Waals surface area contributed by atoms with Gasteiger partial charge in [0, 0.05) is 44.4 Å². The molecule has 0 aromatic carbocycles. The summed E-state index contributed by atoms with van der Waals surface area (Å²) in [6.45, 7) is 5.47. The Morgan fingerprint density at radius 2 is 2.04 bits per heavy atom. The van der Waals surface area contributed by atoms with E-state index in [-0.39, 0.29) is 17.7 Å². The number of rotatable bonds is 3. The van der Waals surface area contributed by atoms with Gasteiger partial charge in [0.1, 0.15) is 11.2 Å². The molecule has 3 aromatic heterocycles. The lowest BCUT2D eigenvalue weighted by Gasteiger charge is -2.30. The number of fused-ring (bicyclic) bond motifs is 1. The predicted octanol–water partition coefficient (Wildman–Crippen LogP) is 2.20. The molecule has 3 aromatic rings. The molecule has 1 aliphatic rings. The SMILES string of the molecule is CC(C)c1noc(C2CCN(C(=O)c3cnn4ccn(C)c34)CC2)n1. The first-order valence-electron chi connectivity index (χ1n) is 8.66. The number of hydrogen-bond donors (Lipinski definition) is 0. The smallest absolute Gasteiger partial charge is 0.259 e. The van der Waals surface area contributed by atoms with Gasteiger partial charge in [-0.25, -0.2) is 4.52 Å². The average molecular weight is 342 g/mol. The molecule has 1 amide bonds. The molecule has 0 N–H and O–H groups in total. The molecule has 1 fully saturated rings. The fourth-order valence-electron chi connectivity index (χ4n) is 3.35. The van der Waals surface area contributed by atoms with Crippen LogP contribution in [0.4, 0.5) is 0 Å². The van der Waals surface area contributed by atoms with E-state index in [0.29, 0.717) is 24.5 Å². The van der Waals surface area contributed by atoms with E-state index >= 15 is 0 Å². The lowest BCUT2D eigenvalue weighted by molar-refractivity contribution is 0.0706. The second-order valence-electron chi connectivity index (χ2n) is 6.95. The van der Waals surface area contributed by atoms with Crippen molar-refractivity contribution >= 4 is 11.6 Å². The second-order valence-corrected chi connectivity index (χ2v) is 6.95. The average Bonchev–Trinajstić information content (AvgIpc) is 3.32. The van der Waals surface area contributed by atoms with E-state index in [1.165, 1.54) is 0 Å². The minimum atomic E-state index is 0.0312. The number of nitrogens with zero attached hydrogens (tertiary/aromatic N) is 6. The van der Waals surface area contributed by atoms with Crippen LogP contribution in [-0.2, 0) is 7.05 Å². The molecule has 8 heteroatoms. The second kappa shape index (κ2) is 6.02. The zero-order valence-electron chi connectivity index (χ0n) is 14.7. The molecule has 0 spiro atoms. The van der Waals surface area contributed by atoms with E-state index in [1.807, 2.05) is 42.8 Å². The van der Waals surface area contributed by atoms with Crippen LogP contribution in [0.15, 0.2) is 23.1 Å². The lowest BCUT2D eigenvalue weighted by atomic mass is 9.96. The number of carbonyl (C=O) groups is 1. The normalized spacial score (nSPS) is 16.2. The van der Waals surface area contributed by atoms with Gasteiger partial charge in [-0.05, 0) is 12.8 Å². The molecular weight excluding hydrogens is 320 g/mol. The summed E-state index contributed by atoms with van der Waals surface area (Å²) < 4.78 is 9.06. The highest BCUT2D eigenvalue weighted by Crippen LogP contribution is 2.28. The number of carbonyl (C=O) groups excluding carboxylic acids is 1. The first-order chi connectivity index (χ1) is 12.0. The van der Waals surface area contributed by atoms with Crippen molar-refractivity contribution in [1.82, 2.24) is 29.2 Å². The van der Waals surface area contributed by atoms with Crippen molar-refractivity contribution in [3.05, 3.63) is 35.9 Å². The molecule has 0 saturated carbocycles. The third-order valence-electron chi connectivity index (χ3n) is 4.87. The molecule has 132 valence electrons. The van der Waals surface area contributed by atoms with E-state index in [9.17, 15) is 4.79 Å². The van der Waals surface area contributed by atoms with Gasteiger partial charge in [0.2, 0.25) is 5.89 Å². The Morgan fingerprint density at radius 3 is 2.72 bits per heavy atom. The van der Waals surface area contributed by atoms with Crippen LogP contribution < -0.4 is 0 Å². The molecule has 0 aliphatic carbocycles. The molecule has 0 atom stereocenters. The third-order valence-corrected chi connectivity index (χ3v) is 4.87. The maximum absolute atomic E-state index is 12.9. The molecule has 25 heavy (non-hydrogen) atoms. The van der Waals surface area contributed by atoms with Crippen molar-refractivity contribution in [2.24, 2.45) is 7.05 Å². The molecule has 0 radical (unpaired) electrons. The lowest BCUT2D eigenvalue weighted by Crippen LogP contribution is -2.38. The van der Waals surface area contributed by atoms with Crippen LogP contribution in [0.3, 0.4) is 0 Å². The minimum absolute atomic E-state index is 0.0312. The van der Waals surface area contributed by atoms with Gasteiger partial charge in [0.15, 0.2) is 5.82 Å². The third kappa shape index (κ3) is 2.71. The van der Waals surface area contributed by atoms with Crippen LogP contribution in [-0.4, -0.2) is 48.2 Å². The number of aryl methyl sites for hydroxylation is 1. The van der Waals surface area contributed by atoms with Crippen molar-refractivity contribution in [3.63, 3.8) is 0 Å². The Balaban J connectivity index is 1.46. The minimum Gasteiger partial charge on any atom is -0.339 e. The summed E-state index contributed by atoms with van der Waals surface area (Å²) in [6.07, 6.45) is 7.07. The summed E-state index contributed by atoms with van der Waals surface area (Å²) in [5.41, 5.74) is 1.47. The Kier molecular flexibility index (Phi) is 3.82. The fraction of sp³-hybridized carbons (Fsp3) is 0.529. The monoisotopic (exact) mass is 342 g/mol. The number of amides is 1. The molecule has 1 aliphatic heterocycles. The molecule has 8 nitrogen and oxygen atoms in total. The molecule has 4 heterocycles. The molecule has 1 saturated heterocycles. The number of imidazole rings is 1. The van der Waals surface area contributed by atoms with Crippen molar-refractivity contribution in [3.8, 4) is 0 Å². The van der Waals surface area contributed by atoms with Crippen molar-refractivity contribution in [2.75, 3.05) is 13.1 Å². The first-order valence-corrected chi connectivity index (χ1v) is 8.66. The predicted molar refractivity (Wildman–Crippen MR) is 90.4 cm³/mol. The van der Waals surface area contributed by atoms with Gasteiger partial charge in [0.05, 0.1) is 6.20 Å². The largest absolute Gasteiger partial charge is 0.339 e. The Bertz CT molecular complexity index is 897. The number of piperidine rings is 1. The van der Waals surface area contributed by atoms with Gasteiger partial charge < -0.3 is 14.0 Å².